The number of para-hydroxylation sites is 1. The summed E-state index contributed by atoms with van der Waals surface area (Å²) in [6.07, 6.45) is 4.40. The third-order valence-electron chi connectivity index (χ3n) is 5.51. The molecule has 0 bridgehead atoms. The van der Waals surface area contributed by atoms with Crippen molar-refractivity contribution in [2.45, 2.75) is 12.1 Å². The van der Waals surface area contributed by atoms with Crippen molar-refractivity contribution in [3.05, 3.63) is 107 Å². The molecule has 2 aliphatic rings. The molecule has 0 fully saturated rings. The van der Waals surface area contributed by atoms with Crippen molar-refractivity contribution in [3.8, 4) is 5.75 Å². The zero-order valence-electron chi connectivity index (χ0n) is 15.7. The molecule has 4 aromatic rings. The van der Waals surface area contributed by atoms with Crippen LogP contribution in [0.5, 0.6) is 5.75 Å². The molecule has 1 N–H and O–H groups in total. The Morgan fingerprint density at radius 1 is 1.00 bits per heavy atom. The molecule has 0 amide bonds. The summed E-state index contributed by atoms with van der Waals surface area (Å²) in [7, 11) is 0. The molecule has 0 saturated carbocycles. The lowest BCUT2D eigenvalue weighted by atomic mass is 9.85. The minimum Gasteiger partial charge on any atom is -0.480 e. The molecule has 2 aliphatic heterocycles. The first-order valence-electron chi connectivity index (χ1n) is 9.62. The van der Waals surface area contributed by atoms with Gasteiger partial charge in [-0.3, -0.25) is 4.98 Å². The van der Waals surface area contributed by atoms with Gasteiger partial charge < -0.3 is 10.1 Å². The number of nitrogens with zero attached hydrogens (tertiary/aromatic N) is 4. The van der Waals surface area contributed by atoms with Crippen LogP contribution < -0.4 is 10.1 Å². The Kier molecular flexibility index (Phi) is 3.67. The summed E-state index contributed by atoms with van der Waals surface area (Å²) in [6.45, 7) is 0. The summed E-state index contributed by atoms with van der Waals surface area (Å²) in [5.74, 6) is 0.990. The van der Waals surface area contributed by atoms with Crippen LogP contribution in [-0.4, -0.2) is 19.7 Å². The highest BCUT2D eigenvalue weighted by atomic mass is 19.1. The lowest BCUT2D eigenvalue weighted by Crippen LogP contribution is -2.32. The molecule has 0 radical (unpaired) electrons. The van der Waals surface area contributed by atoms with Crippen LogP contribution in [0.1, 0.15) is 28.8 Å². The summed E-state index contributed by atoms with van der Waals surface area (Å²) < 4.78 is 23.1. The van der Waals surface area contributed by atoms with Crippen LogP contribution in [-0.2, 0) is 0 Å². The summed E-state index contributed by atoms with van der Waals surface area (Å²) in [4.78, 5) is 8.68. The molecule has 0 aliphatic carbocycles. The molecule has 0 spiro atoms. The van der Waals surface area contributed by atoms with Crippen LogP contribution in [0.2, 0.25) is 0 Å². The van der Waals surface area contributed by atoms with Gasteiger partial charge in [0.05, 0.1) is 5.70 Å². The van der Waals surface area contributed by atoms with Crippen LogP contribution in [0, 0.1) is 5.82 Å². The lowest BCUT2D eigenvalue weighted by Gasteiger charge is -2.38. The van der Waals surface area contributed by atoms with E-state index in [1.54, 1.807) is 29.2 Å². The van der Waals surface area contributed by atoms with Gasteiger partial charge in [0.2, 0.25) is 5.95 Å². The first kappa shape index (κ1) is 16.9. The van der Waals surface area contributed by atoms with E-state index in [-0.39, 0.29) is 11.9 Å². The largest absolute Gasteiger partial charge is 0.480 e. The number of ether oxygens (including phenoxy) is 1. The molecule has 30 heavy (non-hydrogen) atoms. The number of pyridine rings is 1. The molecule has 2 atom stereocenters. The maximum absolute atomic E-state index is 14.9. The Morgan fingerprint density at radius 2 is 1.87 bits per heavy atom. The van der Waals surface area contributed by atoms with E-state index in [0.29, 0.717) is 17.3 Å². The number of hydrogen-bond donors (Lipinski definition) is 1. The minimum absolute atomic E-state index is 0.317. The second-order valence-corrected chi connectivity index (χ2v) is 7.19. The number of hydrogen-bond acceptors (Lipinski definition) is 5. The number of fused-ring (bicyclic) bond motifs is 3. The number of halogens is 1. The Hall–Kier alpha value is -4.00. The van der Waals surface area contributed by atoms with Crippen LogP contribution in [0.3, 0.4) is 0 Å². The average Bonchev–Trinajstić information content (AvgIpc) is 3.26. The van der Waals surface area contributed by atoms with Gasteiger partial charge >= 0.3 is 0 Å². The van der Waals surface area contributed by atoms with E-state index >= 15 is 0 Å². The molecule has 0 unspecified atom stereocenters. The quantitative estimate of drug-likeness (QED) is 0.544. The number of nitrogens with one attached hydrogen (secondary N) is 1. The lowest BCUT2D eigenvalue weighted by molar-refractivity contribution is 0.218. The summed E-state index contributed by atoms with van der Waals surface area (Å²) in [5, 5.41) is 7.84. The normalized spacial score (nSPS) is 19.2. The summed E-state index contributed by atoms with van der Waals surface area (Å²) in [5.41, 5.74) is 4.02. The number of aromatic nitrogens is 4. The van der Waals surface area contributed by atoms with Gasteiger partial charge in [-0.15, -0.1) is 0 Å². The maximum Gasteiger partial charge on any atom is 0.226 e. The summed E-state index contributed by atoms with van der Waals surface area (Å²) in [6, 6.07) is 18.0. The van der Waals surface area contributed by atoms with Crippen molar-refractivity contribution < 1.29 is 9.13 Å². The van der Waals surface area contributed by atoms with Crippen LogP contribution in [0.4, 0.5) is 10.3 Å². The van der Waals surface area contributed by atoms with Crippen molar-refractivity contribution in [2.75, 3.05) is 5.32 Å². The SMILES string of the molecule is Fc1ccccc1[C@@H]1Oc2ccccc2C2=C1[C@H](c1cccnc1)n1ncnc1N2. The van der Waals surface area contributed by atoms with Gasteiger partial charge in [-0.05, 0) is 29.8 Å². The van der Waals surface area contributed by atoms with Crippen molar-refractivity contribution in [1.29, 1.82) is 0 Å². The fourth-order valence-corrected chi connectivity index (χ4v) is 4.22. The Morgan fingerprint density at radius 3 is 2.73 bits per heavy atom. The van der Waals surface area contributed by atoms with E-state index < -0.39 is 6.10 Å². The van der Waals surface area contributed by atoms with Gasteiger partial charge in [0, 0.05) is 29.1 Å². The first-order chi connectivity index (χ1) is 14.8. The van der Waals surface area contributed by atoms with Crippen LogP contribution in [0.25, 0.3) is 5.70 Å². The molecular weight excluding hydrogens is 381 g/mol. The van der Waals surface area contributed by atoms with Gasteiger partial charge in [-0.25, -0.2) is 9.07 Å². The minimum atomic E-state index is -0.633. The van der Waals surface area contributed by atoms with E-state index in [1.807, 2.05) is 42.5 Å². The Balaban J connectivity index is 1.66. The Labute approximate surface area is 171 Å². The van der Waals surface area contributed by atoms with Gasteiger partial charge in [-0.1, -0.05) is 36.4 Å². The highest BCUT2D eigenvalue weighted by Gasteiger charge is 2.41. The predicted octanol–water partition coefficient (Wildman–Crippen LogP) is 4.37. The molecule has 0 saturated heterocycles. The predicted molar refractivity (Wildman–Crippen MR) is 109 cm³/mol. The number of anilines is 1. The van der Waals surface area contributed by atoms with Gasteiger partial charge in [-0.2, -0.15) is 10.1 Å². The van der Waals surface area contributed by atoms with E-state index in [4.69, 9.17) is 4.74 Å². The van der Waals surface area contributed by atoms with Crippen molar-refractivity contribution in [2.24, 2.45) is 0 Å². The molecule has 2 aromatic carbocycles. The zero-order chi connectivity index (χ0) is 20.1. The summed E-state index contributed by atoms with van der Waals surface area (Å²) >= 11 is 0. The topological polar surface area (TPSA) is 64.9 Å². The van der Waals surface area contributed by atoms with Crippen LogP contribution >= 0.6 is 0 Å². The molecule has 6 rings (SSSR count). The third-order valence-corrected chi connectivity index (χ3v) is 5.51. The average molecular weight is 397 g/mol. The van der Waals surface area contributed by atoms with E-state index in [0.717, 1.165) is 22.4 Å². The van der Waals surface area contributed by atoms with E-state index in [2.05, 4.69) is 20.4 Å². The van der Waals surface area contributed by atoms with Gasteiger partial charge in [0.15, 0.2) is 6.10 Å². The van der Waals surface area contributed by atoms with Crippen LogP contribution in [0.15, 0.2) is 85.0 Å². The van der Waals surface area contributed by atoms with Gasteiger partial charge in [0.25, 0.3) is 0 Å². The molecule has 2 aromatic heterocycles. The van der Waals surface area contributed by atoms with Gasteiger partial charge in [0.1, 0.15) is 23.9 Å². The highest BCUT2D eigenvalue weighted by molar-refractivity contribution is 5.85. The second-order valence-electron chi connectivity index (χ2n) is 7.19. The number of rotatable bonds is 2. The Bertz CT molecular complexity index is 1280. The molecule has 4 heterocycles. The first-order valence-corrected chi connectivity index (χ1v) is 9.62. The second kappa shape index (κ2) is 6.52. The molecular formula is C23H16FN5O. The maximum atomic E-state index is 14.9. The van der Waals surface area contributed by atoms with E-state index in [1.165, 1.54) is 12.4 Å². The molecule has 146 valence electrons. The van der Waals surface area contributed by atoms with Crippen molar-refractivity contribution in [3.63, 3.8) is 0 Å². The fourth-order valence-electron chi connectivity index (χ4n) is 4.22. The van der Waals surface area contributed by atoms with Crippen molar-refractivity contribution >= 4 is 11.6 Å². The number of benzene rings is 2. The van der Waals surface area contributed by atoms with Crippen molar-refractivity contribution in [1.82, 2.24) is 19.7 Å². The standard InChI is InChI=1S/C23H16FN5O/c24-17-9-3-1-7-15(17)22-19-20(16-8-2-4-10-18(16)30-22)28-23-26-13-27-29(23)21(19)14-6-5-11-25-12-14/h1-13,21-22H,(H,26,27,28)/t21-,22-/m0/s1. The zero-order valence-corrected chi connectivity index (χ0v) is 15.7. The molecule has 7 heteroatoms. The smallest absolute Gasteiger partial charge is 0.226 e. The fraction of sp³-hybridized carbons (Fsp3) is 0.0870. The highest BCUT2D eigenvalue weighted by Crippen LogP contribution is 2.50. The monoisotopic (exact) mass is 397 g/mol. The third kappa shape index (κ3) is 2.45. The van der Waals surface area contributed by atoms with E-state index in [9.17, 15) is 4.39 Å². The molecule has 6 nitrogen and oxygen atoms in total.